The van der Waals surface area contributed by atoms with Crippen LogP contribution in [-0.2, 0) is 43.4 Å². The Morgan fingerprint density at radius 3 is 1.40 bits per heavy atom. The third kappa shape index (κ3) is 21.8. The van der Waals surface area contributed by atoms with E-state index in [0.29, 0.717) is 71.2 Å². The van der Waals surface area contributed by atoms with Crippen LogP contribution in [0.1, 0.15) is 56.2 Å². The number of benzene rings is 2. The summed E-state index contributed by atoms with van der Waals surface area (Å²) in [6.07, 6.45) is 5.39. The van der Waals surface area contributed by atoms with E-state index in [9.17, 15) is 34.5 Å². The number of hydrogen-bond acceptors (Lipinski definition) is 10. The van der Waals surface area contributed by atoms with E-state index < -0.39 is 23.9 Å². The topological polar surface area (TPSA) is 191 Å². The molecule has 1 atom stereocenters. The molecule has 0 aliphatic carbocycles. The monoisotopic (exact) mass is 741 g/mol. The van der Waals surface area contributed by atoms with E-state index in [2.05, 4.69) is 60.8 Å². The lowest BCUT2D eigenvalue weighted by Gasteiger charge is -2.32. The first-order valence-corrected chi connectivity index (χ1v) is 18.4. The number of carboxylic acids is 4. The fourth-order valence-electron chi connectivity index (χ4n) is 6.17. The van der Waals surface area contributed by atoms with Gasteiger partial charge in [-0.2, -0.15) is 0 Å². The van der Waals surface area contributed by atoms with E-state index in [1.165, 1.54) is 11.1 Å². The zero-order valence-corrected chi connectivity index (χ0v) is 31.3. The average molecular weight is 742 g/mol. The van der Waals surface area contributed by atoms with Crippen molar-refractivity contribution in [2.24, 2.45) is 0 Å². The number of nitrogens with one attached hydrogen (secondary N) is 1. The van der Waals surface area contributed by atoms with Gasteiger partial charge in [0.2, 0.25) is 0 Å². The molecule has 0 bridgehead atoms. The molecule has 14 nitrogen and oxygen atoms in total. The lowest BCUT2D eigenvalue weighted by atomic mass is 10.0. The molecule has 1 fully saturated rings. The van der Waals surface area contributed by atoms with Crippen LogP contribution in [0.15, 0.2) is 54.6 Å². The number of carboxylic acid groups (broad SMARTS) is 4. The van der Waals surface area contributed by atoms with Crippen LogP contribution in [0.5, 0.6) is 0 Å². The molecule has 14 heteroatoms. The predicted octanol–water partition coefficient (Wildman–Crippen LogP) is 2.65. The number of hydrogen-bond donors (Lipinski definition) is 5. The smallest absolute Gasteiger partial charge is 0.317 e. The van der Waals surface area contributed by atoms with E-state index in [1.807, 2.05) is 11.0 Å². The van der Waals surface area contributed by atoms with Crippen molar-refractivity contribution in [3.8, 4) is 0 Å². The molecule has 1 aliphatic heterocycles. The molecular weight excluding hydrogens is 682 g/mol. The second kappa shape index (κ2) is 25.7. The molecular formula is C39H59N5O9. The summed E-state index contributed by atoms with van der Waals surface area (Å²) in [7, 11) is 0. The van der Waals surface area contributed by atoms with Crippen molar-refractivity contribution in [3.05, 3.63) is 71.3 Å². The van der Waals surface area contributed by atoms with Crippen LogP contribution >= 0.6 is 0 Å². The second-order valence-corrected chi connectivity index (χ2v) is 13.6. The van der Waals surface area contributed by atoms with Crippen molar-refractivity contribution in [1.29, 1.82) is 0 Å². The van der Waals surface area contributed by atoms with Gasteiger partial charge in [0, 0.05) is 78.3 Å². The summed E-state index contributed by atoms with van der Waals surface area (Å²) in [6.45, 7) is 6.71. The SMILES string of the molecule is CC(=O)O.CCC[C@@H](CCc1ccccc1)NCc1ccc(CCC(=O)CN2CCN(CC(=O)O)CCN(CC(=O)O)CCN(CC(=O)O)CC2)cc1. The fraction of sp³-hybridized carbons (Fsp3) is 0.564. The van der Waals surface area contributed by atoms with E-state index in [-0.39, 0.29) is 32.0 Å². The Morgan fingerprint density at radius 1 is 0.585 bits per heavy atom. The van der Waals surface area contributed by atoms with Crippen molar-refractivity contribution >= 4 is 29.7 Å². The van der Waals surface area contributed by atoms with Crippen LogP contribution in [0.4, 0.5) is 0 Å². The normalized spacial score (nSPS) is 16.0. The molecule has 0 saturated carbocycles. The first-order chi connectivity index (χ1) is 25.3. The zero-order chi connectivity index (χ0) is 39.0. The van der Waals surface area contributed by atoms with E-state index >= 15 is 0 Å². The third-order valence-corrected chi connectivity index (χ3v) is 8.98. The fourth-order valence-corrected chi connectivity index (χ4v) is 6.17. The number of nitrogens with zero attached hydrogens (tertiary/aromatic N) is 4. The summed E-state index contributed by atoms with van der Waals surface area (Å²) in [6, 6.07) is 19.4. The van der Waals surface area contributed by atoms with Crippen LogP contribution in [0, 0.1) is 0 Å². The zero-order valence-electron chi connectivity index (χ0n) is 31.3. The van der Waals surface area contributed by atoms with E-state index in [0.717, 1.165) is 44.7 Å². The standard InChI is InChI=1S/C37H55N5O7.C2H4O2/c1-2-6-33(15-13-30-7-4-3-5-8-30)38-25-32-11-9-31(10-12-32)14-16-34(43)26-39-17-19-40(27-35(44)45)21-23-42(29-37(48)49)24-22-41(20-18-39)28-36(46)47;1-2(3)4/h3-5,7-12,33,38H,2,6,13-29H2,1H3,(H,44,45)(H,46,47)(H,48,49);1H3,(H,3,4)/t33-;/m0./s1. The highest BCUT2D eigenvalue weighted by Crippen LogP contribution is 2.12. The van der Waals surface area contributed by atoms with Crippen molar-refractivity contribution in [1.82, 2.24) is 24.9 Å². The Balaban J connectivity index is 0.00000231. The van der Waals surface area contributed by atoms with Gasteiger partial charge in [-0.1, -0.05) is 67.9 Å². The number of carbonyl (C=O) groups is 5. The van der Waals surface area contributed by atoms with E-state index in [4.69, 9.17) is 9.90 Å². The van der Waals surface area contributed by atoms with Gasteiger partial charge >= 0.3 is 17.9 Å². The second-order valence-electron chi connectivity index (χ2n) is 13.6. The van der Waals surface area contributed by atoms with Crippen molar-refractivity contribution in [2.45, 2.75) is 65.0 Å². The molecule has 53 heavy (non-hydrogen) atoms. The van der Waals surface area contributed by atoms with Gasteiger partial charge in [-0.25, -0.2) is 0 Å². The Morgan fingerprint density at radius 2 is 0.981 bits per heavy atom. The molecule has 3 rings (SSSR count). The molecule has 0 radical (unpaired) electrons. The third-order valence-electron chi connectivity index (χ3n) is 8.98. The minimum Gasteiger partial charge on any atom is -0.481 e. The lowest BCUT2D eigenvalue weighted by molar-refractivity contribution is -0.140. The first kappa shape index (κ1) is 44.9. The Kier molecular flexibility index (Phi) is 21.8. The van der Waals surface area contributed by atoms with Gasteiger partial charge in [-0.15, -0.1) is 0 Å². The summed E-state index contributed by atoms with van der Waals surface area (Å²) in [5.41, 5.74) is 3.66. The van der Waals surface area contributed by atoms with Gasteiger partial charge < -0.3 is 25.7 Å². The summed E-state index contributed by atoms with van der Waals surface area (Å²) in [5.74, 6) is -3.71. The molecule has 2 aromatic carbocycles. The average Bonchev–Trinajstić information content (AvgIpc) is 3.09. The molecule has 0 spiro atoms. The molecule has 0 aromatic heterocycles. The largest absolute Gasteiger partial charge is 0.481 e. The van der Waals surface area contributed by atoms with E-state index in [1.54, 1.807) is 14.7 Å². The number of rotatable bonds is 19. The number of aryl methyl sites for hydroxylation is 2. The molecule has 0 unspecified atom stereocenters. The number of ketones is 1. The molecule has 1 saturated heterocycles. The summed E-state index contributed by atoms with van der Waals surface area (Å²) in [5, 5.41) is 39.4. The minimum atomic E-state index is -0.995. The van der Waals surface area contributed by atoms with Gasteiger partial charge in [0.05, 0.1) is 26.2 Å². The van der Waals surface area contributed by atoms with Crippen LogP contribution < -0.4 is 5.32 Å². The van der Waals surface area contributed by atoms with Crippen molar-refractivity contribution in [2.75, 3.05) is 78.5 Å². The lowest BCUT2D eigenvalue weighted by Crippen LogP contribution is -2.49. The van der Waals surface area contributed by atoms with Crippen LogP contribution in [0.2, 0.25) is 0 Å². The first-order valence-electron chi connectivity index (χ1n) is 18.4. The van der Waals surface area contributed by atoms with Crippen molar-refractivity contribution in [3.63, 3.8) is 0 Å². The van der Waals surface area contributed by atoms with Gasteiger partial charge in [0.15, 0.2) is 0 Å². The van der Waals surface area contributed by atoms with Crippen LogP contribution in [-0.4, -0.2) is 154 Å². The molecule has 0 amide bonds. The van der Waals surface area contributed by atoms with Gasteiger partial charge in [-0.3, -0.25) is 43.6 Å². The maximum Gasteiger partial charge on any atom is 0.317 e. The minimum absolute atomic E-state index is 0.0702. The predicted molar refractivity (Wildman–Crippen MR) is 202 cm³/mol. The van der Waals surface area contributed by atoms with Gasteiger partial charge in [0.1, 0.15) is 5.78 Å². The highest BCUT2D eigenvalue weighted by Gasteiger charge is 2.21. The maximum absolute atomic E-state index is 13.2. The number of carbonyl (C=O) groups excluding carboxylic acids is 1. The van der Waals surface area contributed by atoms with Gasteiger partial charge in [0.25, 0.3) is 5.97 Å². The number of Topliss-reactive ketones (excluding diaryl/α,β-unsaturated/α-hetero) is 1. The number of aliphatic carboxylic acids is 4. The molecule has 1 aliphatic rings. The Labute approximate surface area is 313 Å². The van der Waals surface area contributed by atoms with Gasteiger partial charge in [-0.05, 0) is 42.4 Å². The highest BCUT2D eigenvalue weighted by molar-refractivity contribution is 5.80. The summed E-state index contributed by atoms with van der Waals surface area (Å²) in [4.78, 5) is 63.8. The Bertz CT molecular complexity index is 1360. The van der Waals surface area contributed by atoms with Crippen LogP contribution in [0.25, 0.3) is 0 Å². The van der Waals surface area contributed by atoms with Crippen molar-refractivity contribution < 1.29 is 44.4 Å². The van der Waals surface area contributed by atoms with Crippen LogP contribution in [0.3, 0.4) is 0 Å². The quantitative estimate of drug-likeness (QED) is 0.141. The molecule has 1 heterocycles. The molecule has 2 aromatic rings. The molecule has 294 valence electrons. The summed E-state index contributed by atoms with van der Waals surface area (Å²) >= 11 is 0. The summed E-state index contributed by atoms with van der Waals surface area (Å²) < 4.78 is 0. The Hall–Kier alpha value is -4.21. The highest BCUT2D eigenvalue weighted by atomic mass is 16.4. The maximum atomic E-state index is 13.2. The molecule has 5 N–H and O–H groups in total.